The van der Waals surface area contributed by atoms with E-state index in [4.69, 9.17) is 0 Å². The van der Waals surface area contributed by atoms with Crippen LogP contribution >= 0.6 is 0 Å². The van der Waals surface area contributed by atoms with Crippen LogP contribution in [0.3, 0.4) is 0 Å². The summed E-state index contributed by atoms with van der Waals surface area (Å²) < 4.78 is 130. The monoisotopic (exact) mass is 467 g/mol. The summed E-state index contributed by atoms with van der Waals surface area (Å²) in [6.45, 7) is 0. The minimum atomic E-state index is -3.60. The zero-order valence-corrected chi connectivity index (χ0v) is 16.0. The van der Waals surface area contributed by atoms with Crippen molar-refractivity contribution in [1.82, 2.24) is 0 Å². The van der Waals surface area contributed by atoms with E-state index in [-0.39, 0.29) is 5.69 Å². The molecule has 0 aliphatic carbocycles. The number of halogens is 8. The fourth-order valence-electron chi connectivity index (χ4n) is 2.60. The lowest BCUT2D eigenvalue weighted by Gasteiger charge is -2.16. The zero-order chi connectivity index (χ0) is 23.0. The second-order valence-corrected chi connectivity index (χ2v) is 7.19. The van der Waals surface area contributed by atoms with Crippen LogP contribution in [-0.2, 0) is 10.8 Å². The van der Waals surface area contributed by atoms with E-state index in [0.29, 0.717) is 7.11 Å². The van der Waals surface area contributed by atoms with Crippen molar-refractivity contribution >= 4 is 22.2 Å². The SMILES string of the molecule is COc1c(F)c(F)c(S(=O)c2c(F)c(F)c(F)c(F)c2Nc2ccccc2)c(F)c1F. The van der Waals surface area contributed by atoms with E-state index in [2.05, 4.69) is 10.1 Å². The first kappa shape index (κ1) is 22.5. The lowest BCUT2D eigenvalue weighted by molar-refractivity contribution is 0.323. The normalized spacial score (nSPS) is 12.0. The maximum absolute atomic E-state index is 14.5. The molecule has 0 saturated carbocycles. The molecule has 3 rings (SSSR count). The highest BCUT2D eigenvalue weighted by Gasteiger charge is 2.35. The number of hydrogen-bond acceptors (Lipinski definition) is 3. The third-order valence-electron chi connectivity index (χ3n) is 4.02. The van der Waals surface area contributed by atoms with Crippen molar-refractivity contribution in [1.29, 1.82) is 0 Å². The fourth-order valence-corrected chi connectivity index (χ4v) is 3.89. The molecule has 3 aromatic rings. The molecule has 31 heavy (non-hydrogen) atoms. The molecule has 0 bridgehead atoms. The number of methoxy groups -OCH3 is 1. The van der Waals surface area contributed by atoms with Gasteiger partial charge in [0.15, 0.2) is 40.7 Å². The van der Waals surface area contributed by atoms with E-state index < -0.39 is 78.6 Å². The summed E-state index contributed by atoms with van der Waals surface area (Å²) in [6, 6.07) is 6.85. The molecule has 3 aromatic carbocycles. The predicted molar refractivity (Wildman–Crippen MR) is 93.5 cm³/mol. The number of para-hydroxylation sites is 1. The van der Waals surface area contributed by atoms with Crippen LogP contribution in [-0.4, -0.2) is 11.3 Å². The molecule has 1 atom stereocenters. The molecule has 0 saturated heterocycles. The van der Waals surface area contributed by atoms with Gasteiger partial charge >= 0.3 is 0 Å². The highest BCUT2D eigenvalue weighted by atomic mass is 32.2. The van der Waals surface area contributed by atoms with Crippen LogP contribution in [0.5, 0.6) is 5.75 Å². The molecular formula is C19H9F8NO2S. The van der Waals surface area contributed by atoms with Gasteiger partial charge in [0.05, 0.1) is 23.6 Å². The van der Waals surface area contributed by atoms with Crippen LogP contribution in [0.25, 0.3) is 0 Å². The first-order valence-electron chi connectivity index (χ1n) is 8.11. The summed E-state index contributed by atoms with van der Waals surface area (Å²) in [5.74, 6) is -19.4. The van der Waals surface area contributed by atoms with Gasteiger partial charge in [0.2, 0.25) is 11.6 Å². The van der Waals surface area contributed by atoms with E-state index in [1.54, 1.807) is 0 Å². The lowest BCUT2D eigenvalue weighted by Crippen LogP contribution is -2.14. The molecule has 12 heteroatoms. The summed E-state index contributed by atoms with van der Waals surface area (Å²) in [7, 11) is -2.91. The predicted octanol–water partition coefficient (Wildman–Crippen LogP) is 5.72. The Morgan fingerprint density at radius 3 is 1.68 bits per heavy atom. The van der Waals surface area contributed by atoms with Gasteiger partial charge in [0, 0.05) is 5.69 Å². The molecule has 0 spiro atoms. The van der Waals surface area contributed by atoms with E-state index in [0.717, 1.165) is 0 Å². The maximum Gasteiger partial charge on any atom is 0.205 e. The average molecular weight is 467 g/mol. The molecule has 0 radical (unpaired) electrons. The summed E-state index contributed by atoms with van der Waals surface area (Å²) >= 11 is 0. The first-order valence-corrected chi connectivity index (χ1v) is 9.26. The number of ether oxygens (including phenoxy) is 1. The topological polar surface area (TPSA) is 38.3 Å². The van der Waals surface area contributed by atoms with Gasteiger partial charge in [-0.15, -0.1) is 0 Å². The van der Waals surface area contributed by atoms with Crippen molar-refractivity contribution < 1.29 is 44.1 Å². The highest BCUT2D eigenvalue weighted by Crippen LogP contribution is 2.39. The van der Waals surface area contributed by atoms with Crippen molar-refractivity contribution in [2.75, 3.05) is 12.4 Å². The van der Waals surface area contributed by atoms with Crippen molar-refractivity contribution in [3.63, 3.8) is 0 Å². The van der Waals surface area contributed by atoms with Crippen molar-refractivity contribution in [2.24, 2.45) is 0 Å². The molecule has 0 fully saturated rings. The van der Waals surface area contributed by atoms with Crippen LogP contribution in [0, 0.1) is 46.5 Å². The minimum absolute atomic E-state index is 0.0434. The first-order chi connectivity index (χ1) is 14.6. The second-order valence-electron chi connectivity index (χ2n) is 5.84. The average Bonchev–Trinajstić information content (AvgIpc) is 2.76. The Bertz CT molecular complexity index is 1170. The molecule has 1 N–H and O–H groups in total. The minimum Gasteiger partial charge on any atom is -0.491 e. The smallest absolute Gasteiger partial charge is 0.205 e. The van der Waals surface area contributed by atoms with Gasteiger partial charge in [0.25, 0.3) is 0 Å². The molecule has 0 heterocycles. The number of hydrogen-bond donors (Lipinski definition) is 1. The van der Waals surface area contributed by atoms with E-state index in [1.807, 2.05) is 0 Å². The number of nitrogens with one attached hydrogen (secondary N) is 1. The highest BCUT2D eigenvalue weighted by molar-refractivity contribution is 7.85. The Morgan fingerprint density at radius 1 is 0.677 bits per heavy atom. The third kappa shape index (κ3) is 3.71. The van der Waals surface area contributed by atoms with Crippen LogP contribution in [0.15, 0.2) is 40.1 Å². The van der Waals surface area contributed by atoms with Crippen LogP contribution in [0.4, 0.5) is 46.5 Å². The molecule has 0 aliphatic rings. The summed E-state index contributed by atoms with van der Waals surface area (Å²) in [4.78, 5) is -3.50. The summed E-state index contributed by atoms with van der Waals surface area (Å²) in [6.07, 6.45) is 0. The molecule has 0 amide bonds. The molecular weight excluding hydrogens is 458 g/mol. The summed E-state index contributed by atoms with van der Waals surface area (Å²) in [5, 5.41) is 2.12. The number of benzene rings is 3. The van der Waals surface area contributed by atoms with Gasteiger partial charge in [-0.25, -0.2) is 30.6 Å². The van der Waals surface area contributed by atoms with Crippen LogP contribution in [0.2, 0.25) is 0 Å². The van der Waals surface area contributed by atoms with Gasteiger partial charge < -0.3 is 10.1 Å². The van der Waals surface area contributed by atoms with Gasteiger partial charge in [-0.1, -0.05) is 18.2 Å². The number of anilines is 2. The Balaban J connectivity index is 2.32. The zero-order valence-electron chi connectivity index (χ0n) is 15.1. The largest absolute Gasteiger partial charge is 0.491 e. The fraction of sp³-hybridized carbons (Fsp3) is 0.0526. The Labute approximate surface area is 171 Å². The van der Waals surface area contributed by atoms with Crippen molar-refractivity contribution in [2.45, 2.75) is 9.79 Å². The lowest BCUT2D eigenvalue weighted by atomic mass is 10.2. The van der Waals surface area contributed by atoms with Gasteiger partial charge in [-0.3, -0.25) is 0 Å². The Morgan fingerprint density at radius 2 is 1.16 bits per heavy atom. The van der Waals surface area contributed by atoms with Gasteiger partial charge in [0.1, 0.15) is 9.79 Å². The van der Waals surface area contributed by atoms with E-state index in [9.17, 15) is 39.3 Å². The summed E-state index contributed by atoms with van der Waals surface area (Å²) in [5.41, 5.74) is -1.34. The quantitative estimate of drug-likeness (QED) is 0.297. The second kappa shape index (κ2) is 8.53. The third-order valence-corrected chi connectivity index (χ3v) is 5.51. The standard InChI is InChI=1S/C19H9F8NO2S/c1-30-17-11(23)14(26)18(15(27)12(17)24)31(29)19-13(25)9(21)8(20)10(22)16(19)28-7-5-3-2-4-6-7/h2-6,28H,1H3. The van der Waals surface area contributed by atoms with Crippen molar-refractivity contribution in [3.8, 4) is 5.75 Å². The van der Waals surface area contributed by atoms with Crippen LogP contribution < -0.4 is 10.1 Å². The molecule has 164 valence electrons. The molecule has 1 unspecified atom stereocenters. The van der Waals surface area contributed by atoms with Crippen LogP contribution in [0.1, 0.15) is 0 Å². The van der Waals surface area contributed by atoms with Gasteiger partial charge in [-0.05, 0) is 12.1 Å². The maximum atomic E-state index is 14.5. The van der Waals surface area contributed by atoms with Gasteiger partial charge in [-0.2, -0.15) is 8.78 Å². The molecule has 0 aliphatic heterocycles. The van der Waals surface area contributed by atoms with E-state index in [1.165, 1.54) is 30.3 Å². The Hall–Kier alpha value is -3.15. The molecule has 3 nitrogen and oxygen atoms in total. The number of rotatable bonds is 5. The Kier molecular flexibility index (Phi) is 6.20. The van der Waals surface area contributed by atoms with E-state index >= 15 is 0 Å². The van der Waals surface area contributed by atoms with Crippen molar-refractivity contribution in [3.05, 3.63) is 76.9 Å². The molecule has 0 aromatic heterocycles.